The van der Waals surface area contributed by atoms with Gasteiger partial charge in [0.25, 0.3) is 5.69 Å². The number of benzene rings is 2. The van der Waals surface area contributed by atoms with Crippen LogP contribution in [0.5, 0.6) is 0 Å². The second-order valence-corrected chi connectivity index (χ2v) is 6.67. The number of nitro groups is 1. The minimum absolute atomic E-state index is 0.0285. The predicted octanol–water partition coefficient (Wildman–Crippen LogP) is 4.52. The van der Waals surface area contributed by atoms with E-state index in [1.54, 1.807) is 18.2 Å². The maximum atomic E-state index is 12.2. The van der Waals surface area contributed by atoms with E-state index >= 15 is 0 Å². The molecule has 2 N–H and O–H groups in total. The van der Waals surface area contributed by atoms with Crippen LogP contribution in [-0.2, 0) is 11.2 Å². The van der Waals surface area contributed by atoms with Gasteiger partial charge in [0, 0.05) is 29.0 Å². The van der Waals surface area contributed by atoms with Gasteiger partial charge in [0.2, 0.25) is 5.91 Å². The highest BCUT2D eigenvalue weighted by Crippen LogP contribution is 2.23. The van der Waals surface area contributed by atoms with Crippen LogP contribution in [-0.4, -0.2) is 16.9 Å². The largest absolute Gasteiger partial charge is 0.382 e. The van der Waals surface area contributed by atoms with E-state index < -0.39 is 4.92 Å². The Bertz CT molecular complexity index is 768. The molecule has 6 nitrogen and oxygen atoms in total. The van der Waals surface area contributed by atoms with Crippen LogP contribution in [0.3, 0.4) is 0 Å². The molecule has 0 radical (unpaired) electrons. The van der Waals surface area contributed by atoms with Gasteiger partial charge in [-0.1, -0.05) is 37.5 Å². The number of hydrogen-bond donors (Lipinski definition) is 2. The molecule has 0 aliphatic heterocycles. The first-order chi connectivity index (χ1) is 12.6. The monoisotopic (exact) mass is 353 g/mol. The molecule has 3 rings (SSSR count). The van der Waals surface area contributed by atoms with Crippen molar-refractivity contribution >= 4 is 23.0 Å². The number of nitrogens with one attached hydrogen (secondary N) is 2. The summed E-state index contributed by atoms with van der Waals surface area (Å²) in [6.45, 7) is 0. The molecular weight excluding hydrogens is 330 g/mol. The number of para-hydroxylation sites is 1. The fourth-order valence-corrected chi connectivity index (χ4v) is 3.35. The summed E-state index contributed by atoms with van der Waals surface area (Å²) < 4.78 is 0. The molecule has 0 atom stereocenters. The summed E-state index contributed by atoms with van der Waals surface area (Å²) in [5.41, 5.74) is 2.11. The molecular formula is C20H23N3O3. The average molecular weight is 353 g/mol. The fourth-order valence-electron chi connectivity index (χ4n) is 3.35. The van der Waals surface area contributed by atoms with E-state index in [0.29, 0.717) is 17.3 Å². The molecule has 0 unspecified atom stereocenters. The highest BCUT2D eigenvalue weighted by Gasteiger charge is 2.16. The Morgan fingerprint density at radius 1 is 1.00 bits per heavy atom. The molecule has 2 aromatic carbocycles. The number of amides is 1. The first-order valence-electron chi connectivity index (χ1n) is 9.00. The summed E-state index contributed by atoms with van der Waals surface area (Å²) >= 11 is 0. The van der Waals surface area contributed by atoms with E-state index in [9.17, 15) is 14.9 Å². The third kappa shape index (κ3) is 4.81. The number of nitrogens with zero attached hydrogens (tertiary/aromatic N) is 1. The summed E-state index contributed by atoms with van der Waals surface area (Å²) in [4.78, 5) is 22.8. The molecule has 1 aliphatic rings. The Hall–Kier alpha value is -2.89. The highest BCUT2D eigenvalue weighted by atomic mass is 16.6. The lowest BCUT2D eigenvalue weighted by Crippen LogP contribution is -2.22. The SMILES string of the molecule is O=C(Cc1ccccc1[N+](=O)[O-])Nc1ccc(NC2CCCCC2)cc1. The van der Waals surface area contributed by atoms with E-state index in [0.717, 1.165) is 5.69 Å². The summed E-state index contributed by atoms with van der Waals surface area (Å²) in [5, 5.41) is 17.4. The van der Waals surface area contributed by atoms with Crippen molar-refractivity contribution in [2.45, 2.75) is 44.6 Å². The molecule has 2 aromatic rings. The normalized spacial score (nSPS) is 14.6. The fraction of sp³-hybridized carbons (Fsp3) is 0.350. The quantitative estimate of drug-likeness (QED) is 0.591. The minimum Gasteiger partial charge on any atom is -0.382 e. The number of carbonyl (C=O) groups excluding carboxylic acids is 1. The van der Waals surface area contributed by atoms with Gasteiger partial charge in [0.05, 0.1) is 11.3 Å². The first kappa shape index (κ1) is 17.9. The van der Waals surface area contributed by atoms with Crippen molar-refractivity contribution in [2.24, 2.45) is 0 Å². The minimum atomic E-state index is -0.464. The van der Waals surface area contributed by atoms with Crippen molar-refractivity contribution in [3.8, 4) is 0 Å². The lowest BCUT2D eigenvalue weighted by atomic mass is 9.95. The average Bonchev–Trinajstić information content (AvgIpc) is 2.64. The van der Waals surface area contributed by atoms with Crippen LogP contribution in [0.15, 0.2) is 48.5 Å². The van der Waals surface area contributed by atoms with Gasteiger partial charge in [-0.25, -0.2) is 0 Å². The van der Waals surface area contributed by atoms with Crippen molar-refractivity contribution in [1.29, 1.82) is 0 Å². The second kappa shape index (κ2) is 8.47. The topological polar surface area (TPSA) is 84.3 Å². The van der Waals surface area contributed by atoms with Gasteiger partial charge in [0.1, 0.15) is 0 Å². The first-order valence-corrected chi connectivity index (χ1v) is 9.00. The Morgan fingerprint density at radius 3 is 2.35 bits per heavy atom. The molecule has 6 heteroatoms. The number of nitro benzene ring substituents is 1. The van der Waals surface area contributed by atoms with E-state index in [-0.39, 0.29) is 18.0 Å². The summed E-state index contributed by atoms with van der Waals surface area (Å²) in [6, 6.07) is 14.4. The summed E-state index contributed by atoms with van der Waals surface area (Å²) in [6.07, 6.45) is 6.25. The second-order valence-electron chi connectivity index (χ2n) is 6.67. The highest BCUT2D eigenvalue weighted by molar-refractivity contribution is 5.93. The van der Waals surface area contributed by atoms with Gasteiger partial charge in [-0.3, -0.25) is 14.9 Å². The Kier molecular flexibility index (Phi) is 5.84. The van der Waals surface area contributed by atoms with Crippen LogP contribution in [0.25, 0.3) is 0 Å². The summed E-state index contributed by atoms with van der Waals surface area (Å²) in [5.74, 6) is -0.271. The van der Waals surface area contributed by atoms with Gasteiger partial charge in [-0.15, -0.1) is 0 Å². The van der Waals surface area contributed by atoms with Gasteiger partial charge >= 0.3 is 0 Å². The van der Waals surface area contributed by atoms with E-state index in [1.165, 1.54) is 38.2 Å². The lowest BCUT2D eigenvalue weighted by molar-refractivity contribution is -0.385. The van der Waals surface area contributed by atoms with Crippen LogP contribution in [0, 0.1) is 10.1 Å². The molecule has 1 fully saturated rings. The molecule has 0 heterocycles. The Morgan fingerprint density at radius 2 is 1.65 bits per heavy atom. The van der Waals surface area contributed by atoms with Crippen LogP contribution < -0.4 is 10.6 Å². The standard InChI is InChI=1S/C20H23N3O3/c24-20(14-15-6-4-5-9-19(15)23(25)26)22-18-12-10-17(11-13-18)21-16-7-2-1-3-8-16/h4-6,9-13,16,21H,1-3,7-8,14H2,(H,22,24). The lowest BCUT2D eigenvalue weighted by Gasteiger charge is -2.23. The van der Waals surface area contributed by atoms with E-state index in [4.69, 9.17) is 0 Å². The van der Waals surface area contributed by atoms with Gasteiger partial charge < -0.3 is 10.6 Å². The third-order valence-electron chi connectivity index (χ3n) is 4.68. The third-order valence-corrected chi connectivity index (χ3v) is 4.68. The van der Waals surface area contributed by atoms with E-state index in [1.807, 2.05) is 24.3 Å². The van der Waals surface area contributed by atoms with Crippen molar-refractivity contribution in [1.82, 2.24) is 0 Å². The molecule has 1 amide bonds. The van der Waals surface area contributed by atoms with Crippen LogP contribution >= 0.6 is 0 Å². The molecule has 0 aromatic heterocycles. The predicted molar refractivity (Wildman–Crippen MR) is 102 cm³/mol. The molecule has 1 aliphatic carbocycles. The zero-order chi connectivity index (χ0) is 18.4. The zero-order valence-electron chi connectivity index (χ0n) is 14.6. The van der Waals surface area contributed by atoms with Crippen LogP contribution in [0.4, 0.5) is 17.1 Å². The van der Waals surface area contributed by atoms with Crippen molar-refractivity contribution in [3.05, 3.63) is 64.2 Å². The van der Waals surface area contributed by atoms with Gasteiger partial charge in [0.15, 0.2) is 0 Å². The van der Waals surface area contributed by atoms with E-state index in [2.05, 4.69) is 10.6 Å². The molecule has 136 valence electrons. The number of hydrogen-bond acceptors (Lipinski definition) is 4. The van der Waals surface area contributed by atoms with Crippen LogP contribution in [0.1, 0.15) is 37.7 Å². The number of carbonyl (C=O) groups is 1. The number of anilines is 2. The molecule has 1 saturated carbocycles. The Balaban J connectivity index is 1.57. The smallest absolute Gasteiger partial charge is 0.273 e. The van der Waals surface area contributed by atoms with Gasteiger partial charge in [-0.05, 0) is 37.1 Å². The number of rotatable bonds is 6. The van der Waals surface area contributed by atoms with Gasteiger partial charge in [-0.2, -0.15) is 0 Å². The zero-order valence-corrected chi connectivity index (χ0v) is 14.6. The van der Waals surface area contributed by atoms with Crippen molar-refractivity contribution in [2.75, 3.05) is 10.6 Å². The molecule has 0 spiro atoms. The maximum absolute atomic E-state index is 12.2. The molecule has 0 saturated heterocycles. The molecule has 0 bridgehead atoms. The van der Waals surface area contributed by atoms with Crippen LogP contribution in [0.2, 0.25) is 0 Å². The van der Waals surface area contributed by atoms with Crippen molar-refractivity contribution < 1.29 is 9.72 Å². The van der Waals surface area contributed by atoms with Crippen molar-refractivity contribution in [3.63, 3.8) is 0 Å². The Labute approximate surface area is 152 Å². The molecule has 26 heavy (non-hydrogen) atoms. The maximum Gasteiger partial charge on any atom is 0.273 e. The summed E-state index contributed by atoms with van der Waals surface area (Å²) in [7, 11) is 0.